The Balaban J connectivity index is 2.82. The van der Waals surface area contributed by atoms with Crippen molar-refractivity contribution in [3.05, 3.63) is 34.1 Å². The minimum Gasteiger partial charge on any atom is -0.469 e. The lowest BCUT2D eigenvalue weighted by Crippen LogP contribution is -2.17. The van der Waals surface area contributed by atoms with Gasteiger partial charge in [0.15, 0.2) is 0 Å². The number of rotatable bonds is 3. The van der Waals surface area contributed by atoms with Gasteiger partial charge in [-0.1, -0.05) is 22.0 Å². The summed E-state index contributed by atoms with van der Waals surface area (Å²) in [6.45, 7) is 0. The van der Waals surface area contributed by atoms with Crippen LogP contribution in [0.15, 0.2) is 22.7 Å². The summed E-state index contributed by atoms with van der Waals surface area (Å²) >= 11 is 3.14. The molecule has 0 bridgehead atoms. The third kappa shape index (κ3) is 3.28. The summed E-state index contributed by atoms with van der Waals surface area (Å²) in [6, 6.07) is 3.86. The zero-order valence-electron chi connectivity index (χ0n) is 8.17. The van der Waals surface area contributed by atoms with Crippen LogP contribution in [0.1, 0.15) is 18.0 Å². The molecule has 1 rings (SSSR count). The Hall–Kier alpha value is -0.940. The highest BCUT2D eigenvalue weighted by molar-refractivity contribution is 9.10. The van der Waals surface area contributed by atoms with E-state index in [2.05, 4.69) is 20.7 Å². The minimum absolute atomic E-state index is 0.0327. The van der Waals surface area contributed by atoms with Crippen molar-refractivity contribution in [2.45, 2.75) is 12.5 Å². The van der Waals surface area contributed by atoms with Crippen LogP contribution in [0.5, 0.6) is 0 Å². The number of nitrogens with two attached hydrogens (primary N) is 1. The van der Waals surface area contributed by atoms with E-state index in [-0.39, 0.29) is 6.42 Å². The molecule has 0 aliphatic carbocycles. The van der Waals surface area contributed by atoms with E-state index < -0.39 is 17.8 Å². The van der Waals surface area contributed by atoms with Gasteiger partial charge in [-0.3, -0.25) is 4.79 Å². The van der Waals surface area contributed by atoms with Crippen molar-refractivity contribution in [1.29, 1.82) is 0 Å². The predicted octanol–water partition coefficient (Wildman–Crippen LogP) is 2.15. The van der Waals surface area contributed by atoms with Crippen LogP contribution >= 0.6 is 15.9 Å². The van der Waals surface area contributed by atoms with Gasteiger partial charge in [-0.05, 0) is 12.1 Å². The van der Waals surface area contributed by atoms with Gasteiger partial charge < -0.3 is 10.5 Å². The van der Waals surface area contributed by atoms with E-state index >= 15 is 0 Å². The molecule has 15 heavy (non-hydrogen) atoms. The monoisotopic (exact) mass is 275 g/mol. The molecule has 0 aromatic heterocycles. The second-order valence-corrected chi connectivity index (χ2v) is 3.97. The molecule has 0 fully saturated rings. The smallest absolute Gasteiger partial charge is 0.307 e. The minimum atomic E-state index is -0.675. The zero-order chi connectivity index (χ0) is 11.4. The van der Waals surface area contributed by atoms with Gasteiger partial charge in [-0.2, -0.15) is 0 Å². The summed E-state index contributed by atoms with van der Waals surface area (Å²) in [7, 11) is 1.27. The fraction of sp³-hybridized carbons (Fsp3) is 0.300. The van der Waals surface area contributed by atoms with E-state index in [1.54, 1.807) is 12.1 Å². The maximum atomic E-state index is 13.4. The van der Waals surface area contributed by atoms with Crippen molar-refractivity contribution < 1.29 is 13.9 Å². The molecule has 0 aliphatic heterocycles. The summed E-state index contributed by atoms with van der Waals surface area (Å²) < 4.78 is 18.5. The Kier molecular flexibility index (Phi) is 4.23. The molecule has 3 nitrogen and oxygen atoms in total. The molecule has 1 atom stereocenters. The number of esters is 1. The molecule has 0 saturated heterocycles. The second kappa shape index (κ2) is 5.23. The first-order chi connectivity index (χ1) is 7.04. The molecule has 0 amide bonds. The molecule has 0 spiro atoms. The van der Waals surface area contributed by atoms with E-state index in [4.69, 9.17) is 5.73 Å². The molecule has 1 aromatic rings. The van der Waals surface area contributed by atoms with Crippen LogP contribution in [0.2, 0.25) is 0 Å². The van der Waals surface area contributed by atoms with E-state index in [9.17, 15) is 9.18 Å². The van der Waals surface area contributed by atoms with Crippen LogP contribution in [0, 0.1) is 5.82 Å². The van der Waals surface area contributed by atoms with Crippen molar-refractivity contribution >= 4 is 21.9 Å². The van der Waals surface area contributed by atoms with E-state index in [1.807, 2.05) is 0 Å². The lowest BCUT2D eigenvalue weighted by atomic mass is 10.0. The van der Waals surface area contributed by atoms with Crippen molar-refractivity contribution in [1.82, 2.24) is 0 Å². The second-order valence-electron chi connectivity index (χ2n) is 3.05. The van der Waals surface area contributed by atoms with Crippen LogP contribution in [0.25, 0.3) is 0 Å². The van der Waals surface area contributed by atoms with Gasteiger partial charge in [0.1, 0.15) is 5.82 Å². The first-order valence-corrected chi connectivity index (χ1v) is 5.11. The SMILES string of the molecule is COC(=O)CC(N)c1ccc(Br)cc1F. The van der Waals surface area contributed by atoms with Gasteiger partial charge in [-0.15, -0.1) is 0 Å². The van der Waals surface area contributed by atoms with E-state index in [1.165, 1.54) is 13.2 Å². The number of carbonyl (C=O) groups is 1. The van der Waals surface area contributed by atoms with Gasteiger partial charge in [0.2, 0.25) is 0 Å². The summed E-state index contributed by atoms with van der Waals surface area (Å²) in [5.74, 6) is -0.884. The number of hydrogen-bond donors (Lipinski definition) is 1. The van der Waals surface area contributed by atoms with Gasteiger partial charge >= 0.3 is 5.97 Å². The molecule has 5 heteroatoms. The topological polar surface area (TPSA) is 52.3 Å². The normalized spacial score (nSPS) is 12.3. The average molecular weight is 276 g/mol. The summed E-state index contributed by atoms with van der Waals surface area (Å²) in [5, 5.41) is 0. The van der Waals surface area contributed by atoms with Gasteiger partial charge in [-0.25, -0.2) is 4.39 Å². The van der Waals surface area contributed by atoms with Crippen LogP contribution < -0.4 is 5.73 Å². The van der Waals surface area contributed by atoms with Crippen LogP contribution in [-0.2, 0) is 9.53 Å². The summed E-state index contributed by atoms with van der Waals surface area (Å²) in [5.41, 5.74) is 5.98. The Morgan fingerprint density at radius 1 is 1.67 bits per heavy atom. The standard InChI is InChI=1S/C10H11BrFNO2/c1-15-10(14)5-9(13)7-3-2-6(11)4-8(7)12/h2-4,9H,5,13H2,1H3. The largest absolute Gasteiger partial charge is 0.469 e. The van der Waals surface area contributed by atoms with Crippen LogP contribution in [0.4, 0.5) is 4.39 Å². The molecular weight excluding hydrogens is 265 g/mol. The van der Waals surface area contributed by atoms with E-state index in [0.29, 0.717) is 10.0 Å². The van der Waals surface area contributed by atoms with Crippen molar-refractivity contribution in [2.75, 3.05) is 7.11 Å². The molecule has 0 heterocycles. The number of carbonyl (C=O) groups excluding carboxylic acids is 1. The van der Waals surface area contributed by atoms with E-state index in [0.717, 1.165) is 0 Å². The third-order valence-corrected chi connectivity index (χ3v) is 2.47. The highest BCUT2D eigenvalue weighted by Gasteiger charge is 2.15. The number of methoxy groups -OCH3 is 1. The fourth-order valence-corrected chi connectivity index (χ4v) is 1.51. The molecule has 82 valence electrons. The number of ether oxygens (including phenoxy) is 1. The average Bonchev–Trinajstić information content (AvgIpc) is 2.17. The van der Waals surface area contributed by atoms with Crippen LogP contribution in [-0.4, -0.2) is 13.1 Å². The molecule has 1 unspecified atom stereocenters. The first-order valence-electron chi connectivity index (χ1n) is 4.32. The van der Waals surface area contributed by atoms with Crippen LogP contribution in [0.3, 0.4) is 0 Å². The van der Waals surface area contributed by atoms with Crippen molar-refractivity contribution in [3.63, 3.8) is 0 Å². The Morgan fingerprint density at radius 3 is 2.87 bits per heavy atom. The maximum absolute atomic E-state index is 13.4. The number of benzene rings is 1. The molecular formula is C10H11BrFNO2. The molecule has 1 aromatic carbocycles. The zero-order valence-corrected chi connectivity index (χ0v) is 9.75. The maximum Gasteiger partial charge on any atom is 0.307 e. The first kappa shape index (κ1) is 12.1. The number of hydrogen-bond acceptors (Lipinski definition) is 3. The molecule has 0 aliphatic rings. The van der Waals surface area contributed by atoms with Crippen molar-refractivity contribution in [2.24, 2.45) is 5.73 Å². The van der Waals surface area contributed by atoms with Gasteiger partial charge in [0, 0.05) is 16.1 Å². The number of halogens is 2. The molecule has 0 saturated carbocycles. The lowest BCUT2D eigenvalue weighted by molar-refractivity contribution is -0.141. The Bertz CT molecular complexity index is 370. The molecule has 2 N–H and O–H groups in total. The summed E-state index contributed by atoms with van der Waals surface area (Å²) in [6.07, 6.45) is -0.0327. The summed E-state index contributed by atoms with van der Waals surface area (Å²) in [4.78, 5) is 10.9. The third-order valence-electron chi connectivity index (χ3n) is 1.98. The predicted molar refractivity (Wildman–Crippen MR) is 57.7 cm³/mol. The van der Waals surface area contributed by atoms with Crippen molar-refractivity contribution in [3.8, 4) is 0 Å². The quantitative estimate of drug-likeness (QED) is 0.860. The Morgan fingerprint density at radius 2 is 2.33 bits per heavy atom. The van der Waals surface area contributed by atoms with Gasteiger partial charge in [0.05, 0.1) is 13.5 Å². The fourth-order valence-electron chi connectivity index (χ4n) is 1.18. The highest BCUT2D eigenvalue weighted by Crippen LogP contribution is 2.21. The molecule has 0 radical (unpaired) electrons. The highest BCUT2D eigenvalue weighted by atomic mass is 79.9. The van der Waals surface area contributed by atoms with Gasteiger partial charge in [0.25, 0.3) is 0 Å². The Labute approximate surface area is 95.5 Å². The lowest BCUT2D eigenvalue weighted by Gasteiger charge is -2.11.